The van der Waals surface area contributed by atoms with Crippen LogP contribution in [-0.4, -0.2) is 48.4 Å². The third-order valence-electron chi connectivity index (χ3n) is 5.95. The van der Waals surface area contributed by atoms with E-state index in [9.17, 15) is 9.59 Å². The van der Waals surface area contributed by atoms with Gasteiger partial charge in [0.2, 0.25) is 11.8 Å². The van der Waals surface area contributed by atoms with Crippen LogP contribution in [0, 0.1) is 0 Å². The Morgan fingerprint density at radius 3 is 2.00 bits per heavy atom. The van der Waals surface area contributed by atoms with Crippen LogP contribution in [0.3, 0.4) is 0 Å². The minimum Gasteiger partial charge on any atom is -0.497 e. The molecule has 3 aromatic carbocycles. The van der Waals surface area contributed by atoms with Crippen LogP contribution in [0.5, 0.6) is 5.75 Å². The fraction of sp³-hybridized carbons (Fsp3) is 0.259. The molecule has 4 rings (SSSR count). The van der Waals surface area contributed by atoms with E-state index in [1.807, 2.05) is 94.7 Å². The first kappa shape index (κ1) is 21.6. The van der Waals surface area contributed by atoms with E-state index in [4.69, 9.17) is 4.74 Å². The molecule has 1 aliphatic rings. The van der Waals surface area contributed by atoms with Crippen LogP contribution in [0.1, 0.15) is 29.0 Å². The zero-order chi connectivity index (χ0) is 22.3. The Morgan fingerprint density at radius 2 is 1.44 bits per heavy atom. The Morgan fingerprint density at radius 1 is 0.844 bits per heavy atom. The molecular formula is C27H28N2O3. The summed E-state index contributed by atoms with van der Waals surface area (Å²) in [5.74, 6) is 0.537. The number of hydrogen-bond acceptors (Lipinski definition) is 3. The van der Waals surface area contributed by atoms with E-state index in [0.29, 0.717) is 32.6 Å². The molecule has 0 atom stereocenters. The lowest BCUT2D eigenvalue weighted by atomic mass is 9.90. The topological polar surface area (TPSA) is 49.9 Å². The highest BCUT2D eigenvalue weighted by Gasteiger charge is 2.30. The lowest BCUT2D eigenvalue weighted by molar-refractivity contribution is -0.131. The first-order valence-corrected chi connectivity index (χ1v) is 10.9. The maximum absolute atomic E-state index is 13.7. The van der Waals surface area contributed by atoms with Crippen molar-refractivity contribution in [2.75, 3.05) is 26.7 Å². The van der Waals surface area contributed by atoms with E-state index in [1.54, 1.807) is 7.11 Å². The van der Waals surface area contributed by atoms with E-state index in [1.165, 1.54) is 0 Å². The van der Waals surface area contributed by atoms with Crippen molar-refractivity contribution >= 4 is 11.8 Å². The van der Waals surface area contributed by atoms with Gasteiger partial charge in [0.25, 0.3) is 0 Å². The Balaban J connectivity index is 1.50. The van der Waals surface area contributed by atoms with Gasteiger partial charge in [0.15, 0.2) is 0 Å². The molecule has 0 aromatic heterocycles. The number of methoxy groups -OCH3 is 1. The lowest BCUT2D eigenvalue weighted by Crippen LogP contribution is -2.38. The molecule has 32 heavy (non-hydrogen) atoms. The largest absolute Gasteiger partial charge is 0.497 e. The van der Waals surface area contributed by atoms with Crippen molar-refractivity contribution in [3.8, 4) is 5.75 Å². The monoisotopic (exact) mass is 428 g/mol. The molecule has 0 saturated carbocycles. The maximum atomic E-state index is 13.7. The number of ether oxygens (including phenoxy) is 1. The summed E-state index contributed by atoms with van der Waals surface area (Å²) in [5.41, 5.74) is 2.98. The first-order valence-electron chi connectivity index (χ1n) is 10.9. The predicted octanol–water partition coefficient (Wildman–Crippen LogP) is 4.09. The van der Waals surface area contributed by atoms with Crippen LogP contribution in [-0.2, 0) is 16.1 Å². The molecular weight excluding hydrogens is 400 g/mol. The Hall–Kier alpha value is -3.60. The van der Waals surface area contributed by atoms with Gasteiger partial charge in [0.05, 0.1) is 13.0 Å². The second-order valence-electron chi connectivity index (χ2n) is 7.99. The van der Waals surface area contributed by atoms with Crippen molar-refractivity contribution in [1.29, 1.82) is 0 Å². The summed E-state index contributed by atoms with van der Waals surface area (Å²) < 4.78 is 5.21. The number of nitrogens with zero attached hydrogens (tertiary/aromatic N) is 2. The highest BCUT2D eigenvalue weighted by Crippen LogP contribution is 2.27. The number of amides is 2. The fourth-order valence-electron chi connectivity index (χ4n) is 4.16. The number of rotatable bonds is 6. The average molecular weight is 429 g/mol. The van der Waals surface area contributed by atoms with Crippen LogP contribution in [0.2, 0.25) is 0 Å². The summed E-state index contributed by atoms with van der Waals surface area (Å²) in [4.78, 5) is 30.1. The van der Waals surface area contributed by atoms with Crippen LogP contribution in [0.15, 0.2) is 84.9 Å². The summed E-state index contributed by atoms with van der Waals surface area (Å²) in [6.07, 6.45) is 0.332. The van der Waals surface area contributed by atoms with Gasteiger partial charge in [-0.2, -0.15) is 0 Å². The van der Waals surface area contributed by atoms with Gasteiger partial charge in [0, 0.05) is 32.6 Å². The van der Waals surface area contributed by atoms with Gasteiger partial charge in [0.1, 0.15) is 5.75 Å². The van der Waals surface area contributed by atoms with E-state index in [2.05, 4.69) is 0 Å². The first-order chi connectivity index (χ1) is 15.7. The molecule has 1 aliphatic heterocycles. The predicted molar refractivity (Wildman–Crippen MR) is 124 cm³/mol. The Labute approximate surface area is 189 Å². The van der Waals surface area contributed by atoms with Crippen molar-refractivity contribution in [3.05, 3.63) is 102 Å². The molecule has 0 radical (unpaired) electrons. The van der Waals surface area contributed by atoms with E-state index >= 15 is 0 Å². The minimum absolute atomic E-state index is 0.0431. The SMILES string of the molecule is COc1ccc(CN2CCN(C(=O)C(c3ccccc3)c3ccccc3)CCC2=O)cc1. The molecule has 1 fully saturated rings. The van der Waals surface area contributed by atoms with Crippen LogP contribution >= 0.6 is 0 Å². The smallest absolute Gasteiger partial charge is 0.234 e. The van der Waals surface area contributed by atoms with E-state index in [0.717, 1.165) is 22.4 Å². The highest BCUT2D eigenvalue weighted by atomic mass is 16.5. The molecule has 3 aromatic rings. The summed E-state index contributed by atoms with van der Waals surface area (Å²) >= 11 is 0. The van der Waals surface area contributed by atoms with Gasteiger partial charge < -0.3 is 14.5 Å². The highest BCUT2D eigenvalue weighted by molar-refractivity contribution is 5.88. The van der Waals surface area contributed by atoms with Crippen molar-refractivity contribution in [1.82, 2.24) is 9.80 Å². The van der Waals surface area contributed by atoms with Gasteiger partial charge in [-0.25, -0.2) is 0 Å². The zero-order valence-corrected chi connectivity index (χ0v) is 18.3. The summed E-state index contributed by atoms with van der Waals surface area (Å²) in [6, 6.07) is 27.5. The summed E-state index contributed by atoms with van der Waals surface area (Å²) in [5, 5.41) is 0. The molecule has 5 nitrogen and oxygen atoms in total. The standard InChI is InChI=1S/C27H28N2O3/c1-32-24-14-12-21(13-15-24)20-29-19-18-28(17-16-25(29)30)27(31)26(22-8-4-2-5-9-22)23-10-6-3-7-11-23/h2-15,26H,16-20H2,1H3. The quantitative estimate of drug-likeness (QED) is 0.594. The summed E-state index contributed by atoms with van der Waals surface area (Å²) in [6.45, 7) is 2.02. The van der Waals surface area contributed by atoms with Crippen molar-refractivity contribution in [3.63, 3.8) is 0 Å². The molecule has 2 amide bonds. The Bertz CT molecular complexity index is 996. The average Bonchev–Trinajstić information content (AvgIpc) is 3.02. The normalized spacial score (nSPS) is 14.4. The van der Waals surface area contributed by atoms with Crippen LogP contribution in [0.4, 0.5) is 0 Å². The number of hydrogen-bond donors (Lipinski definition) is 0. The fourth-order valence-corrected chi connectivity index (χ4v) is 4.16. The maximum Gasteiger partial charge on any atom is 0.234 e. The molecule has 0 aliphatic carbocycles. The molecule has 0 unspecified atom stereocenters. The number of carbonyl (C=O) groups is 2. The van der Waals surface area contributed by atoms with Gasteiger partial charge in [-0.1, -0.05) is 72.8 Å². The Kier molecular flexibility index (Phi) is 6.85. The number of benzene rings is 3. The van der Waals surface area contributed by atoms with Gasteiger partial charge >= 0.3 is 0 Å². The third-order valence-corrected chi connectivity index (χ3v) is 5.95. The second-order valence-corrected chi connectivity index (χ2v) is 7.99. The molecule has 0 spiro atoms. The lowest BCUT2D eigenvalue weighted by Gasteiger charge is -2.27. The van der Waals surface area contributed by atoms with Crippen molar-refractivity contribution in [2.24, 2.45) is 0 Å². The molecule has 164 valence electrons. The third kappa shape index (κ3) is 4.99. The molecule has 5 heteroatoms. The van der Waals surface area contributed by atoms with E-state index in [-0.39, 0.29) is 17.7 Å². The molecule has 1 heterocycles. The molecule has 1 saturated heterocycles. The summed E-state index contributed by atoms with van der Waals surface area (Å²) in [7, 11) is 1.64. The van der Waals surface area contributed by atoms with Crippen LogP contribution in [0.25, 0.3) is 0 Å². The molecule has 0 bridgehead atoms. The van der Waals surface area contributed by atoms with Gasteiger partial charge in [-0.15, -0.1) is 0 Å². The number of carbonyl (C=O) groups excluding carboxylic acids is 2. The van der Waals surface area contributed by atoms with Crippen LogP contribution < -0.4 is 4.74 Å². The minimum atomic E-state index is -0.374. The van der Waals surface area contributed by atoms with Gasteiger partial charge in [-0.05, 0) is 28.8 Å². The van der Waals surface area contributed by atoms with Crippen molar-refractivity contribution in [2.45, 2.75) is 18.9 Å². The van der Waals surface area contributed by atoms with Crippen molar-refractivity contribution < 1.29 is 14.3 Å². The molecule has 0 N–H and O–H groups in total. The second kappa shape index (κ2) is 10.1. The van der Waals surface area contributed by atoms with E-state index < -0.39 is 0 Å². The van der Waals surface area contributed by atoms with Gasteiger partial charge in [-0.3, -0.25) is 9.59 Å². The zero-order valence-electron chi connectivity index (χ0n) is 18.3.